The van der Waals surface area contributed by atoms with Crippen molar-refractivity contribution in [2.24, 2.45) is 0 Å². The number of halogens is 2. The number of nitrogens with zero attached hydrogens (tertiary/aromatic N) is 1. The standard InChI is InChI=1S/C22H22BrFN2O2/c23-19-11-4-3-10-18(19)21(27)25-20(15-16-8-7-9-17(24)14-16)22(28)26-12-5-1-2-6-13-26/h3-4,7-11,14-15H,1-2,5-6,12-13H2,(H,25,27). The predicted octanol–water partition coefficient (Wildman–Crippen LogP) is 4.76. The van der Waals surface area contributed by atoms with Crippen LogP contribution in [0.1, 0.15) is 41.6 Å². The van der Waals surface area contributed by atoms with Crippen LogP contribution < -0.4 is 5.32 Å². The second kappa shape index (κ2) is 9.64. The summed E-state index contributed by atoms with van der Waals surface area (Å²) in [5, 5.41) is 2.74. The van der Waals surface area contributed by atoms with Gasteiger partial charge >= 0.3 is 0 Å². The maximum Gasteiger partial charge on any atom is 0.270 e. The van der Waals surface area contributed by atoms with Gasteiger partial charge in [0, 0.05) is 17.6 Å². The molecule has 0 bridgehead atoms. The Bertz CT molecular complexity index is 890. The van der Waals surface area contributed by atoms with Crippen molar-refractivity contribution in [2.45, 2.75) is 25.7 Å². The topological polar surface area (TPSA) is 49.4 Å². The summed E-state index contributed by atoms with van der Waals surface area (Å²) in [5.41, 5.74) is 1.09. The Hall–Kier alpha value is -2.47. The van der Waals surface area contributed by atoms with E-state index in [1.54, 1.807) is 35.2 Å². The predicted molar refractivity (Wildman–Crippen MR) is 111 cm³/mol. The second-order valence-electron chi connectivity index (χ2n) is 6.75. The first-order valence-electron chi connectivity index (χ1n) is 9.37. The molecule has 1 heterocycles. The van der Waals surface area contributed by atoms with Crippen molar-refractivity contribution in [2.75, 3.05) is 13.1 Å². The molecular formula is C22H22BrFN2O2. The Balaban J connectivity index is 1.90. The lowest BCUT2D eigenvalue weighted by atomic mass is 10.1. The number of carbonyl (C=O) groups excluding carboxylic acids is 2. The molecule has 3 rings (SSSR count). The third-order valence-corrected chi connectivity index (χ3v) is 5.34. The van der Waals surface area contributed by atoms with Gasteiger partial charge in [0.25, 0.3) is 11.8 Å². The Morgan fingerprint density at radius 3 is 2.39 bits per heavy atom. The average molecular weight is 445 g/mol. The van der Waals surface area contributed by atoms with Crippen LogP contribution >= 0.6 is 15.9 Å². The molecule has 1 aliphatic rings. The molecule has 1 saturated heterocycles. The first-order chi connectivity index (χ1) is 13.5. The first-order valence-corrected chi connectivity index (χ1v) is 10.2. The molecule has 0 aliphatic carbocycles. The van der Waals surface area contributed by atoms with E-state index in [0.717, 1.165) is 25.7 Å². The van der Waals surface area contributed by atoms with E-state index in [-0.39, 0.29) is 11.6 Å². The Kier molecular flexibility index (Phi) is 6.98. The SMILES string of the molecule is O=C(NC(=Cc1cccc(F)c1)C(=O)N1CCCCCC1)c1ccccc1Br. The maximum atomic E-state index is 13.6. The molecular weight excluding hydrogens is 423 g/mol. The van der Waals surface area contributed by atoms with E-state index in [2.05, 4.69) is 21.2 Å². The van der Waals surface area contributed by atoms with E-state index < -0.39 is 11.7 Å². The van der Waals surface area contributed by atoms with E-state index in [1.165, 1.54) is 18.2 Å². The highest BCUT2D eigenvalue weighted by atomic mass is 79.9. The summed E-state index contributed by atoms with van der Waals surface area (Å²) < 4.78 is 14.2. The fraction of sp³-hybridized carbons (Fsp3) is 0.273. The molecule has 0 saturated carbocycles. The molecule has 4 nitrogen and oxygen atoms in total. The molecule has 2 aromatic carbocycles. The van der Waals surface area contributed by atoms with Gasteiger partial charge in [-0.1, -0.05) is 37.1 Å². The molecule has 1 aliphatic heterocycles. The minimum atomic E-state index is -0.396. The third kappa shape index (κ3) is 5.29. The summed E-state index contributed by atoms with van der Waals surface area (Å²) in [6, 6.07) is 13.0. The molecule has 146 valence electrons. The van der Waals surface area contributed by atoms with Crippen LogP contribution in [0.5, 0.6) is 0 Å². The van der Waals surface area contributed by atoms with E-state index >= 15 is 0 Å². The number of likely N-dealkylation sites (tertiary alicyclic amines) is 1. The van der Waals surface area contributed by atoms with Crippen LogP contribution in [0.3, 0.4) is 0 Å². The number of carbonyl (C=O) groups is 2. The largest absolute Gasteiger partial charge is 0.337 e. The number of benzene rings is 2. The molecule has 2 aromatic rings. The van der Waals surface area contributed by atoms with E-state index in [1.807, 2.05) is 6.07 Å². The van der Waals surface area contributed by atoms with Gasteiger partial charge < -0.3 is 10.2 Å². The Morgan fingerprint density at radius 2 is 1.71 bits per heavy atom. The zero-order valence-electron chi connectivity index (χ0n) is 15.5. The zero-order chi connectivity index (χ0) is 19.9. The average Bonchev–Trinajstić information content (AvgIpc) is 2.97. The van der Waals surface area contributed by atoms with Crippen LogP contribution in [0.15, 0.2) is 58.7 Å². The normalized spacial score (nSPS) is 15.1. The summed E-state index contributed by atoms with van der Waals surface area (Å²) in [6.45, 7) is 1.31. The lowest BCUT2D eigenvalue weighted by molar-refractivity contribution is -0.127. The van der Waals surface area contributed by atoms with Crippen LogP contribution in [0.2, 0.25) is 0 Å². The first kappa shape index (κ1) is 20.3. The van der Waals surface area contributed by atoms with Gasteiger partial charge in [-0.15, -0.1) is 0 Å². The summed E-state index contributed by atoms with van der Waals surface area (Å²) in [5.74, 6) is -1.03. The van der Waals surface area contributed by atoms with Crippen molar-refractivity contribution in [3.8, 4) is 0 Å². The number of hydrogen-bond acceptors (Lipinski definition) is 2. The van der Waals surface area contributed by atoms with Crippen molar-refractivity contribution < 1.29 is 14.0 Å². The second-order valence-corrected chi connectivity index (χ2v) is 7.61. The lowest BCUT2D eigenvalue weighted by Gasteiger charge is -2.22. The molecule has 0 unspecified atom stereocenters. The third-order valence-electron chi connectivity index (χ3n) is 4.65. The maximum absolute atomic E-state index is 13.6. The minimum Gasteiger partial charge on any atom is -0.337 e. The van der Waals surface area contributed by atoms with Crippen LogP contribution in [-0.2, 0) is 4.79 Å². The molecule has 0 spiro atoms. The molecule has 0 aromatic heterocycles. The van der Waals surface area contributed by atoms with Crippen molar-refractivity contribution in [3.63, 3.8) is 0 Å². The number of amides is 2. The van der Waals surface area contributed by atoms with Crippen molar-refractivity contribution in [1.82, 2.24) is 10.2 Å². The molecule has 0 radical (unpaired) electrons. The smallest absolute Gasteiger partial charge is 0.270 e. The molecule has 0 atom stereocenters. The van der Waals surface area contributed by atoms with Gasteiger partial charge in [-0.3, -0.25) is 9.59 Å². The highest BCUT2D eigenvalue weighted by molar-refractivity contribution is 9.10. The molecule has 6 heteroatoms. The highest BCUT2D eigenvalue weighted by Crippen LogP contribution is 2.18. The van der Waals surface area contributed by atoms with Crippen LogP contribution in [-0.4, -0.2) is 29.8 Å². The van der Waals surface area contributed by atoms with E-state index in [9.17, 15) is 14.0 Å². The van der Waals surface area contributed by atoms with E-state index in [0.29, 0.717) is 28.7 Å². The highest BCUT2D eigenvalue weighted by Gasteiger charge is 2.22. The fourth-order valence-corrected chi connectivity index (χ4v) is 3.66. The Labute approximate surface area is 172 Å². The molecule has 1 fully saturated rings. The van der Waals surface area contributed by atoms with Crippen molar-refractivity contribution in [1.29, 1.82) is 0 Å². The zero-order valence-corrected chi connectivity index (χ0v) is 17.0. The molecule has 2 amide bonds. The Morgan fingerprint density at radius 1 is 1.00 bits per heavy atom. The van der Waals surface area contributed by atoms with Crippen LogP contribution in [0, 0.1) is 5.82 Å². The van der Waals surface area contributed by atoms with Gasteiger partial charge in [0.15, 0.2) is 0 Å². The van der Waals surface area contributed by atoms with Gasteiger partial charge in [-0.25, -0.2) is 4.39 Å². The fourth-order valence-electron chi connectivity index (χ4n) is 3.19. The monoisotopic (exact) mass is 444 g/mol. The molecule has 1 N–H and O–H groups in total. The van der Waals surface area contributed by atoms with Gasteiger partial charge in [0.2, 0.25) is 0 Å². The van der Waals surface area contributed by atoms with Crippen molar-refractivity contribution >= 4 is 33.8 Å². The quantitative estimate of drug-likeness (QED) is 0.690. The summed E-state index contributed by atoms with van der Waals surface area (Å²) in [4.78, 5) is 27.7. The minimum absolute atomic E-state index is 0.147. The number of nitrogens with one attached hydrogen (secondary N) is 1. The number of hydrogen-bond donors (Lipinski definition) is 1. The summed E-state index contributed by atoms with van der Waals surface area (Å²) in [7, 11) is 0. The summed E-state index contributed by atoms with van der Waals surface area (Å²) >= 11 is 3.36. The van der Waals surface area contributed by atoms with Crippen LogP contribution in [0.4, 0.5) is 4.39 Å². The van der Waals surface area contributed by atoms with Gasteiger partial charge in [0.05, 0.1) is 5.56 Å². The van der Waals surface area contributed by atoms with E-state index in [4.69, 9.17) is 0 Å². The van der Waals surface area contributed by atoms with Gasteiger partial charge in [0.1, 0.15) is 11.5 Å². The number of rotatable bonds is 4. The lowest BCUT2D eigenvalue weighted by Crippen LogP contribution is -2.39. The van der Waals surface area contributed by atoms with Crippen LogP contribution in [0.25, 0.3) is 6.08 Å². The van der Waals surface area contributed by atoms with Gasteiger partial charge in [-0.2, -0.15) is 0 Å². The van der Waals surface area contributed by atoms with Gasteiger partial charge in [-0.05, 0) is 64.7 Å². The van der Waals surface area contributed by atoms with Crippen molar-refractivity contribution in [3.05, 3.63) is 75.6 Å². The summed E-state index contributed by atoms with van der Waals surface area (Å²) in [6.07, 6.45) is 5.60. The molecule has 28 heavy (non-hydrogen) atoms.